The first-order valence-corrected chi connectivity index (χ1v) is 5.95. The maximum Gasteiger partial charge on any atom is 0.0906 e. The monoisotopic (exact) mass is 200 g/mol. The summed E-state index contributed by atoms with van der Waals surface area (Å²) >= 11 is 0. The molecule has 2 unspecified atom stereocenters. The molecule has 0 aromatic heterocycles. The third-order valence-electron chi connectivity index (χ3n) is 3.57. The standard InChI is InChI=1S/C11H21FN2/c12-6-3-7-13-10-5-9-14-8-2-1-4-11(10)14/h10-11,13H,1-9H2. The van der Waals surface area contributed by atoms with Crippen molar-refractivity contribution in [3.8, 4) is 0 Å². The molecule has 2 heterocycles. The Bertz CT molecular complexity index is 175. The van der Waals surface area contributed by atoms with Gasteiger partial charge in [0.15, 0.2) is 0 Å². The Balaban J connectivity index is 1.76. The van der Waals surface area contributed by atoms with Crippen LogP contribution in [0.15, 0.2) is 0 Å². The minimum atomic E-state index is -0.186. The quantitative estimate of drug-likeness (QED) is 0.693. The molecular formula is C11H21FN2. The summed E-state index contributed by atoms with van der Waals surface area (Å²) in [7, 11) is 0. The number of alkyl halides is 1. The first-order valence-electron chi connectivity index (χ1n) is 5.95. The van der Waals surface area contributed by atoms with Gasteiger partial charge in [0.25, 0.3) is 0 Å². The van der Waals surface area contributed by atoms with E-state index < -0.39 is 0 Å². The van der Waals surface area contributed by atoms with Crippen LogP contribution in [0.1, 0.15) is 32.1 Å². The van der Waals surface area contributed by atoms with Crippen molar-refractivity contribution in [1.29, 1.82) is 0 Å². The van der Waals surface area contributed by atoms with Crippen molar-refractivity contribution in [1.82, 2.24) is 10.2 Å². The van der Waals surface area contributed by atoms with E-state index in [1.54, 1.807) is 0 Å². The van der Waals surface area contributed by atoms with Gasteiger partial charge in [0.1, 0.15) is 0 Å². The molecule has 3 heteroatoms. The van der Waals surface area contributed by atoms with Crippen molar-refractivity contribution >= 4 is 0 Å². The number of nitrogens with one attached hydrogen (secondary N) is 1. The zero-order valence-corrected chi connectivity index (χ0v) is 8.84. The van der Waals surface area contributed by atoms with Crippen molar-refractivity contribution in [2.45, 2.75) is 44.2 Å². The summed E-state index contributed by atoms with van der Waals surface area (Å²) in [5, 5.41) is 3.50. The Morgan fingerprint density at radius 2 is 2.14 bits per heavy atom. The van der Waals surface area contributed by atoms with Gasteiger partial charge in [0.05, 0.1) is 6.67 Å². The number of rotatable bonds is 4. The van der Waals surface area contributed by atoms with Crippen LogP contribution in [0, 0.1) is 0 Å². The van der Waals surface area contributed by atoms with Crippen LogP contribution in [-0.2, 0) is 0 Å². The fourth-order valence-electron chi connectivity index (χ4n) is 2.84. The van der Waals surface area contributed by atoms with Gasteiger partial charge in [0, 0.05) is 18.6 Å². The molecule has 0 spiro atoms. The lowest BCUT2D eigenvalue weighted by Crippen LogP contribution is -2.45. The van der Waals surface area contributed by atoms with Crippen LogP contribution in [0.25, 0.3) is 0 Å². The van der Waals surface area contributed by atoms with E-state index in [4.69, 9.17) is 0 Å². The van der Waals surface area contributed by atoms with Gasteiger partial charge in [-0.1, -0.05) is 6.42 Å². The summed E-state index contributed by atoms with van der Waals surface area (Å²) in [5.74, 6) is 0. The molecule has 0 aromatic carbocycles. The normalized spacial score (nSPS) is 33.2. The van der Waals surface area contributed by atoms with Crippen LogP contribution in [0.3, 0.4) is 0 Å². The van der Waals surface area contributed by atoms with E-state index in [2.05, 4.69) is 10.2 Å². The Hall–Kier alpha value is -0.150. The maximum absolute atomic E-state index is 11.9. The minimum absolute atomic E-state index is 0.186. The second kappa shape index (κ2) is 5.08. The molecule has 2 nitrogen and oxygen atoms in total. The number of hydrogen-bond acceptors (Lipinski definition) is 2. The van der Waals surface area contributed by atoms with Gasteiger partial charge in [-0.3, -0.25) is 9.29 Å². The maximum atomic E-state index is 11.9. The molecule has 0 bridgehead atoms. The molecule has 0 aromatic rings. The molecule has 2 saturated heterocycles. The van der Waals surface area contributed by atoms with E-state index in [0.29, 0.717) is 12.5 Å². The molecule has 2 aliphatic heterocycles. The van der Waals surface area contributed by atoms with Gasteiger partial charge in [-0.2, -0.15) is 0 Å². The van der Waals surface area contributed by atoms with E-state index in [0.717, 1.165) is 12.6 Å². The lowest BCUT2D eigenvalue weighted by Gasteiger charge is -2.32. The van der Waals surface area contributed by atoms with E-state index in [1.165, 1.54) is 38.8 Å². The molecule has 0 radical (unpaired) electrons. The summed E-state index contributed by atoms with van der Waals surface area (Å²) in [6.45, 7) is 3.20. The number of hydrogen-bond donors (Lipinski definition) is 1. The Morgan fingerprint density at radius 3 is 3.00 bits per heavy atom. The molecule has 2 rings (SSSR count). The van der Waals surface area contributed by atoms with Crippen molar-refractivity contribution in [2.24, 2.45) is 0 Å². The Morgan fingerprint density at radius 1 is 1.21 bits per heavy atom. The van der Waals surface area contributed by atoms with Crippen molar-refractivity contribution in [2.75, 3.05) is 26.3 Å². The Kier molecular flexibility index (Phi) is 3.76. The zero-order valence-electron chi connectivity index (χ0n) is 8.84. The summed E-state index contributed by atoms with van der Waals surface area (Å²) < 4.78 is 11.9. The van der Waals surface area contributed by atoms with E-state index in [9.17, 15) is 4.39 Å². The number of piperidine rings is 1. The number of fused-ring (bicyclic) bond motifs is 1. The second-order valence-corrected chi connectivity index (χ2v) is 4.49. The molecule has 82 valence electrons. The average Bonchev–Trinajstić information content (AvgIpc) is 2.63. The smallest absolute Gasteiger partial charge is 0.0906 e. The van der Waals surface area contributed by atoms with Gasteiger partial charge in [-0.25, -0.2) is 0 Å². The van der Waals surface area contributed by atoms with E-state index in [1.807, 2.05) is 0 Å². The van der Waals surface area contributed by atoms with E-state index >= 15 is 0 Å². The third-order valence-corrected chi connectivity index (χ3v) is 3.57. The molecule has 1 N–H and O–H groups in total. The fourth-order valence-corrected chi connectivity index (χ4v) is 2.84. The van der Waals surface area contributed by atoms with Gasteiger partial charge in [0.2, 0.25) is 0 Å². The van der Waals surface area contributed by atoms with Crippen LogP contribution in [0.4, 0.5) is 4.39 Å². The molecule has 2 atom stereocenters. The number of nitrogens with zero attached hydrogens (tertiary/aromatic N) is 1. The van der Waals surface area contributed by atoms with Crippen molar-refractivity contribution in [3.05, 3.63) is 0 Å². The predicted octanol–water partition coefficient (Wildman–Crippen LogP) is 1.56. The third kappa shape index (κ3) is 2.26. The predicted molar refractivity (Wildman–Crippen MR) is 56.2 cm³/mol. The first-order chi connectivity index (χ1) is 6.92. The van der Waals surface area contributed by atoms with Crippen LogP contribution >= 0.6 is 0 Å². The summed E-state index contributed by atoms with van der Waals surface area (Å²) in [6, 6.07) is 1.39. The molecule has 2 fully saturated rings. The SMILES string of the molecule is FCCCNC1CCN2CCCCC12. The highest BCUT2D eigenvalue weighted by atomic mass is 19.1. The van der Waals surface area contributed by atoms with Gasteiger partial charge < -0.3 is 5.32 Å². The highest BCUT2D eigenvalue weighted by molar-refractivity contribution is 4.93. The van der Waals surface area contributed by atoms with Gasteiger partial charge in [-0.15, -0.1) is 0 Å². The highest BCUT2D eigenvalue weighted by Crippen LogP contribution is 2.26. The van der Waals surface area contributed by atoms with Crippen molar-refractivity contribution < 1.29 is 4.39 Å². The van der Waals surface area contributed by atoms with Crippen LogP contribution in [-0.4, -0.2) is 43.3 Å². The average molecular weight is 200 g/mol. The molecule has 0 aliphatic carbocycles. The van der Waals surface area contributed by atoms with Crippen LogP contribution < -0.4 is 5.32 Å². The van der Waals surface area contributed by atoms with Crippen molar-refractivity contribution in [3.63, 3.8) is 0 Å². The fraction of sp³-hybridized carbons (Fsp3) is 1.00. The molecule has 14 heavy (non-hydrogen) atoms. The highest BCUT2D eigenvalue weighted by Gasteiger charge is 2.34. The lowest BCUT2D eigenvalue weighted by molar-refractivity contribution is 0.180. The largest absolute Gasteiger partial charge is 0.312 e. The molecule has 2 aliphatic rings. The topological polar surface area (TPSA) is 15.3 Å². The zero-order chi connectivity index (χ0) is 9.80. The van der Waals surface area contributed by atoms with Gasteiger partial charge in [-0.05, 0) is 38.8 Å². The van der Waals surface area contributed by atoms with Crippen LogP contribution in [0.2, 0.25) is 0 Å². The van der Waals surface area contributed by atoms with E-state index in [-0.39, 0.29) is 6.67 Å². The molecule has 0 saturated carbocycles. The summed E-state index contributed by atoms with van der Waals surface area (Å²) in [6.07, 6.45) is 6.02. The Labute approximate surface area is 85.9 Å². The molecular weight excluding hydrogens is 179 g/mol. The minimum Gasteiger partial charge on any atom is -0.312 e. The summed E-state index contributed by atoms with van der Waals surface area (Å²) in [5.41, 5.74) is 0. The molecule has 0 amide bonds. The van der Waals surface area contributed by atoms with Gasteiger partial charge >= 0.3 is 0 Å². The lowest BCUT2D eigenvalue weighted by atomic mass is 9.99. The second-order valence-electron chi connectivity index (χ2n) is 4.49. The first kappa shape index (κ1) is 10.4. The number of halogens is 1. The van der Waals surface area contributed by atoms with Crippen LogP contribution in [0.5, 0.6) is 0 Å². The summed E-state index contributed by atoms with van der Waals surface area (Å²) in [4.78, 5) is 2.61.